The molecule has 1 heterocycles. The van der Waals surface area contributed by atoms with Crippen molar-refractivity contribution in [2.75, 3.05) is 5.43 Å². The van der Waals surface area contributed by atoms with Crippen molar-refractivity contribution in [2.24, 2.45) is 5.84 Å². The van der Waals surface area contributed by atoms with Gasteiger partial charge in [-0.2, -0.15) is 0 Å². The Labute approximate surface area is 129 Å². The highest BCUT2D eigenvalue weighted by atomic mass is 32.2. The predicted octanol–water partition coefficient (Wildman–Crippen LogP) is 3.53. The van der Waals surface area contributed by atoms with Crippen molar-refractivity contribution in [3.63, 3.8) is 0 Å². The van der Waals surface area contributed by atoms with Crippen molar-refractivity contribution < 1.29 is 0 Å². The van der Waals surface area contributed by atoms with Crippen LogP contribution < -0.4 is 11.3 Å². The number of aryl methyl sites for hydroxylation is 2. The van der Waals surface area contributed by atoms with Gasteiger partial charge in [0.25, 0.3) is 0 Å². The van der Waals surface area contributed by atoms with Crippen molar-refractivity contribution in [1.82, 2.24) is 9.97 Å². The second-order valence-electron chi connectivity index (χ2n) is 5.63. The molecule has 0 spiro atoms. The van der Waals surface area contributed by atoms with E-state index < -0.39 is 0 Å². The summed E-state index contributed by atoms with van der Waals surface area (Å²) in [5, 5.41) is 0.978. The molecule has 3 N–H and O–H groups in total. The Hall–Kier alpha value is -1.59. The summed E-state index contributed by atoms with van der Waals surface area (Å²) in [6.45, 7) is 4.26. The number of nitrogens with two attached hydrogens (primary N) is 1. The summed E-state index contributed by atoms with van der Waals surface area (Å²) < 4.78 is 0. The van der Waals surface area contributed by atoms with Crippen LogP contribution in [0.4, 0.5) is 5.82 Å². The summed E-state index contributed by atoms with van der Waals surface area (Å²) >= 11 is 1.69. The molecule has 1 aliphatic carbocycles. The molecule has 0 bridgehead atoms. The molecule has 1 aliphatic rings. The molecule has 110 valence electrons. The van der Waals surface area contributed by atoms with Gasteiger partial charge in [0.15, 0.2) is 0 Å². The van der Waals surface area contributed by atoms with Gasteiger partial charge >= 0.3 is 0 Å². The van der Waals surface area contributed by atoms with Gasteiger partial charge < -0.3 is 5.43 Å². The fourth-order valence-corrected chi connectivity index (χ4v) is 3.92. The number of fused-ring (bicyclic) bond motifs is 1. The molecule has 1 aromatic carbocycles. The molecule has 4 nitrogen and oxygen atoms in total. The summed E-state index contributed by atoms with van der Waals surface area (Å²) in [6, 6.07) is 6.74. The molecule has 0 atom stereocenters. The van der Waals surface area contributed by atoms with Gasteiger partial charge in [0.05, 0.1) is 0 Å². The highest BCUT2D eigenvalue weighted by molar-refractivity contribution is 7.99. The molecule has 1 aromatic heterocycles. The average Bonchev–Trinajstić information content (AvgIpc) is 2.94. The van der Waals surface area contributed by atoms with Crippen LogP contribution in [-0.2, 0) is 12.8 Å². The number of hydrogen-bond donors (Lipinski definition) is 2. The van der Waals surface area contributed by atoms with Crippen molar-refractivity contribution in [3.05, 3.63) is 41.2 Å². The van der Waals surface area contributed by atoms with Crippen LogP contribution in [0.5, 0.6) is 0 Å². The van der Waals surface area contributed by atoms with Crippen LogP contribution >= 0.6 is 11.8 Å². The Kier molecular flexibility index (Phi) is 4.12. The average molecular weight is 300 g/mol. The van der Waals surface area contributed by atoms with Gasteiger partial charge in [-0.1, -0.05) is 31.7 Å². The van der Waals surface area contributed by atoms with Crippen LogP contribution in [0.15, 0.2) is 34.4 Å². The van der Waals surface area contributed by atoms with E-state index >= 15 is 0 Å². The number of aromatic nitrogens is 2. The predicted molar refractivity (Wildman–Crippen MR) is 86.5 cm³/mol. The van der Waals surface area contributed by atoms with E-state index in [-0.39, 0.29) is 0 Å². The maximum atomic E-state index is 5.57. The van der Waals surface area contributed by atoms with Gasteiger partial charge in [0.2, 0.25) is 0 Å². The number of nitrogens with zero attached hydrogens (tertiary/aromatic N) is 2. The molecule has 3 rings (SSSR count). The van der Waals surface area contributed by atoms with E-state index in [2.05, 4.69) is 47.4 Å². The van der Waals surface area contributed by atoms with E-state index in [1.165, 1.54) is 35.3 Å². The van der Waals surface area contributed by atoms with Gasteiger partial charge in [-0.25, -0.2) is 15.8 Å². The molecule has 0 unspecified atom stereocenters. The molecule has 0 saturated carbocycles. The van der Waals surface area contributed by atoms with E-state index in [0.29, 0.717) is 11.7 Å². The Morgan fingerprint density at radius 1 is 1.19 bits per heavy atom. The quantitative estimate of drug-likeness (QED) is 0.514. The SMILES string of the molecule is CC(C)c1c(NN)ncnc1Sc1ccc2c(c1)CCC2. The van der Waals surface area contributed by atoms with Crippen molar-refractivity contribution in [1.29, 1.82) is 0 Å². The van der Waals surface area contributed by atoms with Gasteiger partial charge in [0, 0.05) is 10.5 Å². The maximum absolute atomic E-state index is 5.57. The molecule has 5 heteroatoms. The summed E-state index contributed by atoms with van der Waals surface area (Å²) in [7, 11) is 0. The van der Waals surface area contributed by atoms with E-state index in [0.717, 1.165) is 10.6 Å². The molecule has 21 heavy (non-hydrogen) atoms. The zero-order valence-electron chi connectivity index (χ0n) is 12.4. The molecule has 2 aromatic rings. The third-order valence-electron chi connectivity index (χ3n) is 3.85. The van der Waals surface area contributed by atoms with Crippen LogP contribution in [0.2, 0.25) is 0 Å². The van der Waals surface area contributed by atoms with Gasteiger partial charge in [0.1, 0.15) is 17.2 Å². The normalized spacial score (nSPS) is 13.5. The minimum absolute atomic E-state index is 0.314. The molecular formula is C16H20N4S. The fourth-order valence-electron chi connectivity index (χ4n) is 2.82. The third kappa shape index (κ3) is 2.89. The minimum Gasteiger partial charge on any atom is -0.308 e. The number of nitrogen functional groups attached to an aromatic ring is 1. The van der Waals surface area contributed by atoms with Gasteiger partial charge in [-0.15, -0.1) is 0 Å². The Balaban J connectivity index is 1.94. The largest absolute Gasteiger partial charge is 0.308 e. The lowest BCUT2D eigenvalue weighted by atomic mass is 10.1. The standard InChI is InChI=1S/C16H20N4S/c1-10(2)14-15(20-17)18-9-19-16(14)21-13-7-6-11-4-3-5-12(11)8-13/h6-10H,3-5,17H2,1-2H3,(H,18,19,20). The Morgan fingerprint density at radius 2 is 2.00 bits per heavy atom. The van der Waals surface area contributed by atoms with Gasteiger partial charge in [-0.05, 0) is 48.4 Å². The van der Waals surface area contributed by atoms with Crippen LogP contribution in [0.3, 0.4) is 0 Å². The fraction of sp³-hybridized carbons (Fsp3) is 0.375. The van der Waals surface area contributed by atoms with Crippen LogP contribution in [0.25, 0.3) is 0 Å². The van der Waals surface area contributed by atoms with Gasteiger partial charge in [-0.3, -0.25) is 0 Å². The summed E-state index contributed by atoms with van der Waals surface area (Å²) in [5.74, 6) is 6.60. The minimum atomic E-state index is 0.314. The lowest BCUT2D eigenvalue weighted by molar-refractivity contribution is 0.804. The number of hydrogen-bond acceptors (Lipinski definition) is 5. The van der Waals surface area contributed by atoms with E-state index in [1.807, 2.05) is 0 Å². The number of benzene rings is 1. The lowest BCUT2D eigenvalue weighted by Crippen LogP contribution is -2.13. The van der Waals surface area contributed by atoms with Crippen LogP contribution in [-0.4, -0.2) is 9.97 Å². The summed E-state index contributed by atoms with van der Waals surface area (Å²) in [6.07, 6.45) is 5.25. The van der Waals surface area contributed by atoms with Crippen LogP contribution in [0, 0.1) is 0 Å². The third-order valence-corrected chi connectivity index (χ3v) is 4.85. The van der Waals surface area contributed by atoms with Crippen molar-refractivity contribution >= 4 is 17.6 Å². The zero-order valence-corrected chi connectivity index (χ0v) is 13.2. The number of rotatable bonds is 4. The zero-order chi connectivity index (χ0) is 14.8. The molecule has 0 saturated heterocycles. The number of hydrazine groups is 1. The van der Waals surface area contributed by atoms with E-state index in [1.54, 1.807) is 18.1 Å². The monoisotopic (exact) mass is 300 g/mol. The van der Waals surface area contributed by atoms with Crippen molar-refractivity contribution in [3.8, 4) is 0 Å². The number of anilines is 1. The van der Waals surface area contributed by atoms with Crippen molar-refractivity contribution in [2.45, 2.75) is 48.9 Å². The molecule has 0 aliphatic heterocycles. The van der Waals surface area contributed by atoms with E-state index in [4.69, 9.17) is 5.84 Å². The highest BCUT2D eigenvalue weighted by Crippen LogP contribution is 2.36. The molecular weight excluding hydrogens is 280 g/mol. The topological polar surface area (TPSA) is 63.8 Å². The Morgan fingerprint density at radius 3 is 2.76 bits per heavy atom. The first-order valence-corrected chi connectivity index (χ1v) is 8.12. The first-order chi connectivity index (χ1) is 10.2. The summed E-state index contributed by atoms with van der Waals surface area (Å²) in [5.41, 5.74) is 6.73. The van der Waals surface area contributed by atoms with E-state index in [9.17, 15) is 0 Å². The molecule has 0 amide bonds. The first-order valence-electron chi connectivity index (χ1n) is 7.30. The second-order valence-corrected chi connectivity index (χ2v) is 6.69. The second kappa shape index (κ2) is 6.03. The molecule has 0 radical (unpaired) electrons. The lowest BCUT2D eigenvalue weighted by Gasteiger charge is -2.15. The smallest absolute Gasteiger partial charge is 0.147 e. The maximum Gasteiger partial charge on any atom is 0.147 e. The molecule has 0 fully saturated rings. The first kappa shape index (κ1) is 14.4. The summed E-state index contributed by atoms with van der Waals surface area (Å²) in [4.78, 5) is 9.91. The Bertz CT molecular complexity index is 655. The highest BCUT2D eigenvalue weighted by Gasteiger charge is 2.17. The number of nitrogens with one attached hydrogen (secondary N) is 1. The van der Waals surface area contributed by atoms with Crippen LogP contribution in [0.1, 0.15) is 42.9 Å².